The second kappa shape index (κ2) is 4.31. The zero-order valence-corrected chi connectivity index (χ0v) is 10.8. The van der Waals surface area contributed by atoms with Crippen LogP contribution in [0.2, 0.25) is 0 Å². The Morgan fingerprint density at radius 1 is 1.41 bits per heavy atom. The zero-order valence-electron chi connectivity index (χ0n) is 9.97. The highest BCUT2D eigenvalue weighted by Crippen LogP contribution is 2.35. The van der Waals surface area contributed by atoms with Gasteiger partial charge in [-0.3, -0.25) is 0 Å². The van der Waals surface area contributed by atoms with E-state index in [0.717, 1.165) is 12.0 Å². The van der Waals surface area contributed by atoms with E-state index in [9.17, 15) is 13.5 Å². The monoisotopic (exact) mass is 255 g/mol. The summed E-state index contributed by atoms with van der Waals surface area (Å²) in [6.07, 6.45) is 0.780. The van der Waals surface area contributed by atoms with Crippen LogP contribution in [0.15, 0.2) is 23.1 Å². The van der Waals surface area contributed by atoms with Gasteiger partial charge in [-0.25, -0.2) is 8.42 Å². The molecule has 2 unspecified atom stereocenters. The number of aliphatic hydroxyl groups excluding tert-OH is 1. The molecule has 2 rings (SSSR count). The van der Waals surface area contributed by atoms with Crippen LogP contribution in [0, 0.1) is 0 Å². The molecule has 2 atom stereocenters. The predicted molar refractivity (Wildman–Crippen MR) is 67.0 cm³/mol. The second-order valence-electron chi connectivity index (χ2n) is 4.34. The molecule has 1 aromatic carbocycles. The number of para-hydroxylation sites is 1. The van der Waals surface area contributed by atoms with Gasteiger partial charge in [-0.1, -0.05) is 19.1 Å². The van der Waals surface area contributed by atoms with Crippen molar-refractivity contribution in [3.05, 3.63) is 23.8 Å². The van der Waals surface area contributed by atoms with E-state index in [1.807, 2.05) is 13.0 Å². The lowest BCUT2D eigenvalue weighted by atomic mass is 10.1. The number of aryl methyl sites for hydroxylation is 1. The summed E-state index contributed by atoms with van der Waals surface area (Å²) >= 11 is 0. The Morgan fingerprint density at radius 3 is 2.71 bits per heavy atom. The van der Waals surface area contributed by atoms with Gasteiger partial charge in [0.25, 0.3) is 0 Å². The van der Waals surface area contributed by atoms with Gasteiger partial charge in [0, 0.05) is 6.04 Å². The largest absolute Gasteiger partial charge is 0.395 e. The lowest BCUT2D eigenvalue weighted by molar-refractivity contribution is 0.282. The molecule has 0 aromatic heterocycles. The normalized spacial score (nSPS) is 26.1. The fourth-order valence-electron chi connectivity index (χ4n) is 2.28. The summed E-state index contributed by atoms with van der Waals surface area (Å²) in [6.45, 7) is 3.42. The number of rotatable bonds is 2. The molecule has 1 heterocycles. The summed E-state index contributed by atoms with van der Waals surface area (Å²) in [7, 11) is -3.43. The average Bonchev–Trinajstić information content (AvgIpc) is 2.28. The maximum Gasteiger partial charge on any atom is 0.187 e. The molecular formula is C12H17NO3S. The van der Waals surface area contributed by atoms with Gasteiger partial charge >= 0.3 is 0 Å². The number of sulfone groups is 1. The molecule has 94 valence electrons. The number of nitrogens with one attached hydrogen (secondary N) is 1. The minimum atomic E-state index is -3.43. The molecule has 4 nitrogen and oxygen atoms in total. The number of hydrogen-bond donors (Lipinski definition) is 2. The van der Waals surface area contributed by atoms with Crippen molar-refractivity contribution in [2.75, 3.05) is 11.9 Å². The van der Waals surface area contributed by atoms with Gasteiger partial charge in [-0.2, -0.15) is 0 Å². The molecule has 17 heavy (non-hydrogen) atoms. The first-order valence-electron chi connectivity index (χ1n) is 5.75. The van der Waals surface area contributed by atoms with Gasteiger partial charge in [0.15, 0.2) is 9.84 Å². The third-order valence-corrected chi connectivity index (χ3v) is 5.62. The van der Waals surface area contributed by atoms with Gasteiger partial charge in [0.1, 0.15) is 5.25 Å². The predicted octanol–water partition coefficient (Wildman–Crippen LogP) is 1.20. The zero-order chi connectivity index (χ0) is 12.6. The van der Waals surface area contributed by atoms with Crippen molar-refractivity contribution in [3.8, 4) is 0 Å². The third-order valence-electron chi connectivity index (χ3n) is 3.31. The van der Waals surface area contributed by atoms with Gasteiger partial charge < -0.3 is 10.4 Å². The number of aliphatic hydroxyl groups is 1. The first kappa shape index (κ1) is 12.4. The summed E-state index contributed by atoms with van der Waals surface area (Å²) in [4.78, 5) is 0.314. The van der Waals surface area contributed by atoms with Crippen LogP contribution < -0.4 is 5.32 Å². The Bertz CT molecular complexity index is 525. The number of benzene rings is 1. The van der Waals surface area contributed by atoms with E-state index < -0.39 is 15.1 Å². The molecule has 0 fully saturated rings. The minimum Gasteiger partial charge on any atom is -0.395 e. The molecule has 0 saturated heterocycles. The van der Waals surface area contributed by atoms with Gasteiger partial charge in [0.05, 0.1) is 17.2 Å². The van der Waals surface area contributed by atoms with Crippen molar-refractivity contribution in [2.24, 2.45) is 0 Å². The third kappa shape index (κ3) is 1.83. The molecule has 0 radical (unpaired) electrons. The van der Waals surface area contributed by atoms with Crippen molar-refractivity contribution in [1.29, 1.82) is 0 Å². The highest BCUT2D eigenvalue weighted by atomic mass is 32.2. The summed E-state index contributed by atoms with van der Waals surface area (Å²) in [6, 6.07) is 5.00. The van der Waals surface area contributed by atoms with Crippen molar-refractivity contribution in [1.82, 2.24) is 0 Å². The average molecular weight is 255 g/mol. The summed E-state index contributed by atoms with van der Waals surface area (Å²) in [5.74, 6) is 0. The summed E-state index contributed by atoms with van der Waals surface area (Å²) in [5.41, 5.74) is 1.70. The number of fused-ring (bicyclic) bond motifs is 1. The number of hydrogen-bond acceptors (Lipinski definition) is 4. The van der Waals surface area contributed by atoms with E-state index >= 15 is 0 Å². The number of anilines is 1. The van der Waals surface area contributed by atoms with E-state index in [2.05, 4.69) is 5.32 Å². The quantitative estimate of drug-likeness (QED) is 0.833. The maximum absolute atomic E-state index is 12.3. The van der Waals surface area contributed by atoms with E-state index in [-0.39, 0.29) is 12.6 Å². The Hall–Kier alpha value is -1.07. The molecule has 1 aromatic rings. The molecule has 0 amide bonds. The van der Waals surface area contributed by atoms with Crippen LogP contribution in [0.3, 0.4) is 0 Å². The molecule has 2 N–H and O–H groups in total. The van der Waals surface area contributed by atoms with Crippen LogP contribution in [-0.2, 0) is 16.3 Å². The lowest BCUT2D eigenvalue weighted by Gasteiger charge is -2.32. The van der Waals surface area contributed by atoms with Crippen LogP contribution >= 0.6 is 0 Å². The van der Waals surface area contributed by atoms with Crippen molar-refractivity contribution in [3.63, 3.8) is 0 Å². The SMILES string of the molecule is CCc1cccc2c1NC(C)C(CO)S2(=O)=O. The van der Waals surface area contributed by atoms with Gasteiger partial charge in [0.2, 0.25) is 0 Å². The molecular weight excluding hydrogens is 238 g/mol. The second-order valence-corrected chi connectivity index (χ2v) is 6.48. The Morgan fingerprint density at radius 2 is 2.12 bits per heavy atom. The topological polar surface area (TPSA) is 66.4 Å². The van der Waals surface area contributed by atoms with Crippen LogP contribution in [0.25, 0.3) is 0 Å². The Balaban J connectivity index is 2.65. The highest BCUT2D eigenvalue weighted by molar-refractivity contribution is 7.92. The minimum absolute atomic E-state index is 0.273. The molecule has 0 saturated carbocycles. The summed E-state index contributed by atoms with van der Waals surface area (Å²) in [5, 5.41) is 11.7. The highest BCUT2D eigenvalue weighted by Gasteiger charge is 2.38. The van der Waals surface area contributed by atoms with E-state index in [4.69, 9.17) is 0 Å². The van der Waals surface area contributed by atoms with E-state index in [1.165, 1.54) is 0 Å². The van der Waals surface area contributed by atoms with Crippen LogP contribution in [-0.4, -0.2) is 31.4 Å². The Labute approximate surface area is 102 Å². The molecule has 0 spiro atoms. The van der Waals surface area contributed by atoms with Crippen LogP contribution in [0.1, 0.15) is 19.4 Å². The molecule has 5 heteroatoms. The Kier molecular flexibility index (Phi) is 3.14. The fraction of sp³-hybridized carbons (Fsp3) is 0.500. The van der Waals surface area contributed by atoms with E-state index in [0.29, 0.717) is 10.6 Å². The van der Waals surface area contributed by atoms with Crippen molar-refractivity contribution < 1.29 is 13.5 Å². The van der Waals surface area contributed by atoms with Crippen molar-refractivity contribution >= 4 is 15.5 Å². The first-order valence-corrected chi connectivity index (χ1v) is 7.30. The molecule has 0 aliphatic carbocycles. The van der Waals surface area contributed by atoms with Crippen LogP contribution in [0.4, 0.5) is 5.69 Å². The smallest absolute Gasteiger partial charge is 0.187 e. The fourth-order valence-corrected chi connectivity index (χ4v) is 4.15. The molecule has 1 aliphatic heterocycles. The van der Waals surface area contributed by atoms with Gasteiger partial charge in [-0.05, 0) is 25.0 Å². The summed E-state index contributed by atoms with van der Waals surface area (Å²) < 4.78 is 24.6. The lowest BCUT2D eigenvalue weighted by Crippen LogP contribution is -2.44. The standard InChI is InChI=1S/C12H17NO3S/c1-3-9-5-4-6-10-12(9)13-8(2)11(7-14)17(10,15)16/h4-6,8,11,13-14H,3,7H2,1-2H3. The maximum atomic E-state index is 12.3. The van der Waals surface area contributed by atoms with Gasteiger partial charge in [-0.15, -0.1) is 0 Å². The molecule has 0 bridgehead atoms. The van der Waals surface area contributed by atoms with Crippen molar-refractivity contribution in [2.45, 2.75) is 36.5 Å². The molecule has 1 aliphatic rings. The van der Waals surface area contributed by atoms with Crippen LogP contribution in [0.5, 0.6) is 0 Å². The van der Waals surface area contributed by atoms with E-state index in [1.54, 1.807) is 19.1 Å². The first-order chi connectivity index (χ1) is 8.02.